The molecule has 1 saturated carbocycles. The summed E-state index contributed by atoms with van der Waals surface area (Å²) in [5, 5.41) is 7.14. The van der Waals surface area contributed by atoms with Crippen LogP contribution in [0.5, 0.6) is 0 Å². The van der Waals surface area contributed by atoms with Crippen molar-refractivity contribution in [3.8, 4) is 0 Å². The predicted octanol–water partition coefficient (Wildman–Crippen LogP) is 2.72. The fourth-order valence-corrected chi connectivity index (χ4v) is 4.25. The maximum absolute atomic E-state index is 4.45. The van der Waals surface area contributed by atoms with E-state index in [4.69, 9.17) is 0 Å². The summed E-state index contributed by atoms with van der Waals surface area (Å²) in [6.07, 6.45) is 4.14. The van der Waals surface area contributed by atoms with Crippen LogP contribution < -0.4 is 10.6 Å². The Hall–Kier alpha value is -1.59. The van der Waals surface area contributed by atoms with Crippen LogP contribution in [0.1, 0.15) is 44.7 Å². The van der Waals surface area contributed by atoms with Crippen LogP contribution in [0.4, 0.5) is 0 Å². The third-order valence-electron chi connectivity index (χ3n) is 6.06. The van der Waals surface area contributed by atoms with Gasteiger partial charge in [-0.3, -0.25) is 9.89 Å². The average Bonchev–Trinajstić information content (AvgIpc) is 3.46. The van der Waals surface area contributed by atoms with Crippen molar-refractivity contribution in [1.82, 2.24) is 20.4 Å². The summed E-state index contributed by atoms with van der Waals surface area (Å²) >= 11 is 0. The van der Waals surface area contributed by atoms with E-state index in [0.29, 0.717) is 6.04 Å². The molecular formula is C22H37N5. The van der Waals surface area contributed by atoms with Crippen molar-refractivity contribution in [2.75, 3.05) is 46.3 Å². The Morgan fingerprint density at radius 3 is 2.52 bits per heavy atom. The first-order valence-electron chi connectivity index (χ1n) is 10.7. The topological polar surface area (TPSA) is 42.9 Å². The Morgan fingerprint density at radius 1 is 1.15 bits per heavy atom. The van der Waals surface area contributed by atoms with Crippen molar-refractivity contribution in [1.29, 1.82) is 0 Å². The summed E-state index contributed by atoms with van der Waals surface area (Å²) in [5.74, 6) is 1.67. The fourth-order valence-electron chi connectivity index (χ4n) is 4.25. The van der Waals surface area contributed by atoms with Gasteiger partial charge in [0.2, 0.25) is 0 Å². The molecule has 0 amide bonds. The lowest BCUT2D eigenvalue weighted by atomic mass is 10.1. The molecule has 2 N–H and O–H groups in total. The monoisotopic (exact) mass is 371 g/mol. The highest BCUT2D eigenvalue weighted by Crippen LogP contribution is 2.31. The Labute approximate surface area is 165 Å². The molecule has 2 aliphatic rings. The largest absolute Gasteiger partial charge is 0.356 e. The zero-order valence-electron chi connectivity index (χ0n) is 17.3. The van der Waals surface area contributed by atoms with Crippen LogP contribution in [0.15, 0.2) is 35.3 Å². The number of rotatable bonds is 9. The normalized spacial score (nSPS) is 22.2. The van der Waals surface area contributed by atoms with E-state index in [1.807, 2.05) is 7.05 Å². The molecule has 1 aromatic carbocycles. The van der Waals surface area contributed by atoms with E-state index >= 15 is 0 Å². The van der Waals surface area contributed by atoms with Gasteiger partial charge in [0.25, 0.3) is 0 Å². The highest BCUT2D eigenvalue weighted by atomic mass is 15.2. The Kier molecular flexibility index (Phi) is 7.53. The summed E-state index contributed by atoms with van der Waals surface area (Å²) in [7, 11) is 1.87. The molecule has 3 rings (SSSR count). The molecule has 27 heavy (non-hydrogen) atoms. The molecular weight excluding hydrogens is 334 g/mol. The van der Waals surface area contributed by atoms with E-state index in [2.05, 4.69) is 69.6 Å². The van der Waals surface area contributed by atoms with E-state index in [0.717, 1.165) is 44.1 Å². The number of aliphatic imine (C=N–C) groups is 1. The molecule has 0 bridgehead atoms. The summed E-state index contributed by atoms with van der Waals surface area (Å²) in [4.78, 5) is 9.63. The lowest BCUT2D eigenvalue weighted by molar-refractivity contribution is 0.219. The Balaban J connectivity index is 1.50. The zero-order chi connectivity index (χ0) is 19.1. The second-order valence-electron chi connectivity index (χ2n) is 7.86. The van der Waals surface area contributed by atoms with Crippen molar-refractivity contribution in [3.05, 3.63) is 35.9 Å². The molecule has 0 aromatic heterocycles. The van der Waals surface area contributed by atoms with E-state index in [1.165, 1.54) is 37.9 Å². The number of hydrogen-bond acceptors (Lipinski definition) is 3. The molecule has 0 radical (unpaired) electrons. The number of hydrogen-bond donors (Lipinski definition) is 2. The van der Waals surface area contributed by atoms with Gasteiger partial charge < -0.3 is 15.5 Å². The highest BCUT2D eigenvalue weighted by molar-refractivity contribution is 5.79. The van der Waals surface area contributed by atoms with Gasteiger partial charge >= 0.3 is 0 Å². The van der Waals surface area contributed by atoms with Crippen LogP contribution in [0.25, 0.3) is 0 Å². The van der Waals surface area contributed by atoms with Crippen molar-refractivity contribution in [2.45, 2.75) is 45.2 Å². The zero-order valence-corrected chi connectivity index (χ0v) is 17.3. The van der Waals surface area contributed by atoms with Crippen LogP contribution in [0.2, 0.25) is 0 Å². The Bertz CT molecular complexity index is 580. The van der Waals surface area contributed by atoms with Crippen LogP contribution in [-0.2, 0) is 0 Å². The molecule has 1 aliphatic carbocycles. The molecule has 1 aromatic rings. The summed E-state index contributed by atoms with van der Waals surface area (Å²) < 4.78 is 0. The van der Waals surface area contributed by atoms with Crippen molar-refractivity contribution in [3.63, 3.8) is 0 Å². The molecule has 2 fully saturated rings. The van der Waals surface area contributed by atoms with Gasteiger partial charge in [-0.2, -0.15) is 0 Å². The first-order chi connectivity index (χ1) is 13.2. The van der Waals surface area contributed by atoms with E-state index in [1.54, 1.807) is 0 Å². The molecule has 1 heterocycles. The van der Waals surface area contributed by atoms with Gasteiger partial charge in [0.05, 0.1) is 6.04 Å². The predicted molar refractivity (Wildman–Crippen MR) is 114 cm³/mol. The van der Waals surface area contributed by atoms with Gasteiger partial charge in [-0.1, -0.05) is 44.2 Å². The van der Waals surface area contributed by atoms with Gasteiger partial charge in [-0.25, -0.2) is 0 Å². The van der Waals surface area contributed by atoms with E-state index in [9.17, 15) is 0 Å². The number of likely N-dealkylation sites (tertiary alicyclic amines) is 1. The first kappa shape index (κ1) is 20.2. The second-order valence-corrected chi connectivity index (χ2v) is 7.86. The van der Waals surface area contributed by atoms with Crippen molar-refractivity contribution < 1.29 is 0 Å². The first-order valence-corrected chi connectivity index (χ1v) is 10.7. The highest BCUT2D eigenvalue weighted by Gasteiger charge is 2.34. The van der Waals surface area contributed by atoms with E-state index in [-0.39, 0.29) is 0 Å². The fraction of sp³-hybridized carbons (Fsp3) is 0.682. The molecule has 5 nitrogen and oxygen atoms in total. The van der Waals surface area contributed by atoms with Crippen molar-refractivity contribution in [2.24, 2.45) is 10.9 Å². The maximum atomic E-state index is 4.45. The average molecular weight is 372 g/mol. The smallest absolute Gasteiger partial charge is 0.191 e. The second kappa shape index (κ2) is 10.1. The maximum Gasteiger partial charge on any atom is 0.191 e. The molecule has 1 aliphatic heterocycles. The van der Waals surface area contributed by atoms with Gasteiger partial charge in [0, 0.05) is 32.7 Å². The van der Waals surface area contributed by atoms with E-state index < -0.39 is 0 Å². The number of nitrogens with one attached hydrogen (secondary N) is 2. The van der Waals surface area contributed by atoms with Crippen molar-refractivity contribution >= 4 is 5.96 Å². The van der Waals surface area contributed by atoms with Crippen LogP contribution >= 0.6 is 0 Å². The molecule has 5 heteroatoms. The van der Waals surface area contributed by atoms with Gasteiger partial charge in [0.1, 0.15) is 0 Å². The lowest BCUT2D eigenvalue weighted by Gasteiger charge is -2.31. The lowest BCUT2D eigenvalue weighted by Crippen LogP contribution is -2.44. The number of nitrogens with zero attached hydrogens (tertiary/aromatic N) is 3. The number of guanidine groups is 1. The summed E-state index contributed by atoms with van der Waals surface area (Å²) in [6, 6.07) is 12.1. The molecule has 2 atom stereocenters. The minimum absolute atomic E-state index is 0.358. The van der Waals surface area contributed by atoms with Gasteiger partial charge in [-0.05, 0) is 50.4 Å². The third-order valence-corrected chi connectivity index (χ3v) is 6.06. The quantitative estimate of drug-likeness (QED) is 0.517. The van der Waals surface area contributed by atoms with Crippen LogP contribution in [0.3, 0.4) is 0 Å². The third kappa shape index (κ3) is 5.69. The minimum atomic E-state index is 0.358. The number of benzene rings is 1. The van der Waals surface area contributed by atoms with Gasteiger partial charge in [0.15, 0.2) is 5.96 Å². The van der Waals surface area contributed by atoms with Gasteiger partial charge in [-0.15, -0.1) is 0 Å². The molecule has 2 unspecified atom stereocenters. The van der Waals surface area contributed by atoms with Crippen LogP contribution in [0, 0.1) is 5.92 Å². The SMILES string of the molecule is CCN(CC)C(CNC(=NC)NCC1CCN(C2CC2)C1)c1ccccc1. The molecule has 1 saturated heterocycles. The molecule has 150 valence electrons. The number of likely N-dealkylation sites (N-methyl/N-ethyl adjacent to an activating group) is 1. The minimum Gasteiger partial charge on any atom is -0.356 e. The summed E-state index contributed by atoms with van der Waals surface area (Å²) in [6.45, 7) is 11.0. The van der Waals surface area contributed by atoms with Crippen LogP contribution in [-0.4, -0.2) is 68.1 Å². The Morgan fingerprint density at radius 2 is 1.89 bits per heavy atom. The summed E-state index contributed by atoms with van der Waals surface area (Å²) in [5.41, 5.74) is 1.36. The molecule has 0 spiro atoms. The standard InChI is InChI=1S/C22H37N5/c1-4-26(5-2)21(19-9-7-6-8-10-19)16-25-22(23-3)24-15-18-13-14-27(17-18)20-11-12-20/h6-10,18,20-21H,4-5,11-17H2,1-3H3,(H2,23,24,25).